The standard InChI is InChI=1S/C16H13N3O2/c1-2-4-11-6-7-14-12(9-11)10-19(18-14)15-13(16(20)21)5-3-8-17-15/h2-3,5-10H,1,4H2,(H,20,21). The highest BCUT2D eigenvalue weighted by Gasteiger charge is 2.13. The Balaban J connectivity index is 2.13. The number of pyridine rings is 1. The van der Waals surface area contributed by atoms with Crippen molar-refractivity contribution < 1.29 is 9.90 Å². The molecule has 0 atom stereocenters. The number of aromatic carboxylic acids is 1. The fraction of sp³-hybridized carbons (Fsp3) is 0.0625. The summed E-state index contributed by atoms with van der Waals surface area (Å²) in [5.41, 5.74) is 2.05. The number of hydrogen-bond donors (Lipinski definition) is 1. The van der Waals surface area contributed by atoms with Crippen LogP contribution < -0.4 is 0 Å². The summed E-state index contributed by atoms with van der Waals surface area (Å²) in [5.74, 6) is -0.712. The molecule has 5 heteroatoms. The molecule has 0 saturated carbocycles. The Morgan fingerprint density at radius 3 is 3.00 bits per heavy atom. The van der Waals surface area contributed by atoms with E-state index in [1.807, 2.05) is 24.3 Å². The number of carbonyl (C=O) groups is 1. The van der Waals surface area contributed by atoms with E-state index in [2.05, 4.69) is 16.7 Å². The van der Waals surface area contributed by atoms with Crippen molar-refractivity contribution >= 4 is 16.9 Å². The van der Waals surface area contributed by atoms with Crippen LogP contribution in [0.1, 0.15) is 15.9 Å². The molecule has 5 nitrogen and oxygen atoms in total. The van der Waals surface area contributed by atoms with Crippen LogP contribution in [0.3, 0.4) is 0 Å². The molecule has 104 valence electrons. The summed E-state index contributed by atoms with van der Waals surface area (Å²) in [6.07, 6.45) is 5.96. The van der Waals surface area contributed by atoms with Crippen molar-refractivity contribution in [3.63, 3.8) is 0 Å². The summed E-state index contributed by atoms with van der Waals surface area (Å²) in [5, 5.41) is 14.6. The fourth-order valence-corrected chi connectivity index (χ4v) is 2.22. The molecule has 1 N–H and O–H groups in total. The molecular weight excluding hydrogens is 266 g/mol. The Morgan fingerprint density at radius 1 is 1.38 bits per heavy atom. The van der Waals surface area contributed by atoms with E-state index in [1.165, 1.54) is 10.7 Å². The van der Waals surface area contributed by atoms with Crippen LogP contribution in [-0.2, 0) is 6.42 Å². The molecule has 3 rings (SSSR count). The summed E-state index contributed by atoms with van der Waals surface area (Å²) in [6.45, 7) is 3.72. The van der Waals surface area contributed by atoms with Crippen LogP contribution in [0.2, 0.25) is 0 Å². The van der Waals surface area contributed by atoms with Crippen LogP contribution in [0.5, 0.6) is 0 Å². The van der Waals surface area contributed by atoms with E-state index in [0.29, 0.717) is 5.82 Å². The van der Waals surface area contributed by atoms with Gasteiger partial charge in [-0.25, -0.2) is 14.5 Å². The van der Waals surface area contributed by atoms with Gasteiger partial charge in [0.2, 0.25) is 0 Å². The number of nitrogens with zero attached hydrogens (tertiary/aromatic N) is 3. The molecule has 2 aromatic heterocycles. The number of aromatic nitrogens is 3. The minimum atomic E-state index is -1.02. The third kappa shape index (κ3) is 2.41. The predicted molar refractivity (Wildman–Crippen MR) is 79.7 cm³/mol. The van der Waals surface area contributed by atoms with Gasteiger partial charge in [0, 0.05) is 17.8 Å². The monoisotopic (exact) mass is 279 g/mol. The van der Waals surface area contributed by atoms with Gasteiger partial charge >= 0.3 is 5.97 Å². The highest BCUT2D eigenvalue weighted by Crippen LogP contribution is 2.19. The Labute approximate surface area is 121 Å². The zero-order chi connectivity index (χ0) is 14.8. The van der Waals surface area contributed by atoms with Gasteiger partial charge in [-0.3, -0.25) is 0 Å². The predicted octanol–water partition coefficient (Wildman–Crippen LogP) is 2.85. The summed E-state index contributed by atoms with van der Waals surface area (Å²) in [6, 6.07) is 9.02. The number of carboxylic acid groups (broad SMARTS) is 1. The average Bonchev–Trinajstić information content (AvgIpc) is 2.90. The van der Waals surface area contributed by atoms with Crippen molar-refractivity contribution in [2.45, 2.75) is 6.42 Å². The molecule has 0 unspecified atom stereocenters. The van der Waals surface area contributed by atoms with Crippen LogP contribution in [0.15, 0.2) is 55.4 Å². The van der Waals surface area contributed by atoms with E-state index >= 15 is 0 Å². The fourth-order valence-electron chi connectivity index (χ4n) is 2.22. The largest absolute Gasteiger partial charge is 0.478 e. The van der Waals surface area contributed by atoms with Gasteiger partial charge in [-0.2, -0.15) is 5.10 Å². The Kier molecular flexibility index (Phi) is 3.23. The second-order valence-corrected chi connectivity index (χ2v) is 4.64. The number of fused-ring (bicyclic) bond motifs is 1. The van der Waals surface area contributed by atoms with Gasteiger partial charge < -0.3 is 5.11 Å². The molecule has 0 aliphatic rings. The van der Waals surface area contributed by atoms with Crippen LogP contribution in [0, 0.1) is 0 Å². The number of rotatable bonds is 4. The summed E-state index contributed by atoms with van der Waals surface area (Å²) in [7, 11) is 0. The first-order valence-corrected chi connectivity index (χ1v) is 6.47. The third-order valence-corrected chi connectivity index (χ3v) is 3.18. The van der Waals surface area contributed by atoms with Crippen LogP contribution >= 0.6 is 0 Å². The smallest absolute Gasteiger partial charge is 0.339 e. The van der Waals surface area contributed by atoms with Crippen molar-refractivity contribution in [2.24, 2.45) is 0 Å². The minimum Gasteiger partial charge on any atom is -0.478 e. The highest BCUT2D eigenvalue weighted by molar-refractivity contribution is 5.91. The van der Waals surface area contributed by atoms with Crippen molar-refractivity contribution in [3.05, 3.63) is 66.5 Å². The molecule has 0 aliphatic heterocycles. The molecular formula is C16H13N3O2. The molecule has 0 radical (unpaired) electrons. The van der Waals surface area contributed by atoms with Crippen molar-refractivity contribution in [1.82, 2.24) is 14.8 Å². The van der Waals surface area contributed by atoms with Crippen molar-refractivity contribution in [1.29, 1.82) is 0 Å². The summed E-state index contributed by atoms with van der Waals surface area (Å²) >= 11 is 0. The van der Waals surface area contributed by atoms with Gasteiger partial charge in [0.25, 0.3) is 0 Å². The van der Waals surface area contributed by atoms with Gasteiger partial charge in [0.1, 0.15) is 5.56 Å². The topological polar surface area (TPSA) is 68.0 Å². The first-order chi connectivity index (χ1) is 10.2. The maximum absolute atomic E-state index is 11.3. The molecule has 0 aliphatic carbocycles. The van der Waals surface area contributed by atoms with E-state index in [1.54, 1.807) is 18.5 Å². The number of allylic oxidation sites excluding steroid dienone is 1. The van der Waals surface area contributed by atoms with E-state index in [4.69, 9.17) is 0 Å². The first kappa shape index (κ1) is 13.1. The lowest BCUT2D eigenvalue weighted by Crippen LogP contribution is -2.07. The first-order valence-electron chi connectivity index (χ1n) is 6.47. The van der Waals surface area contributed by atoms with Crippen LogP contribution in [-0.4, -0.2) is 25.8 Å². The van der Waals surface area contributed by atoms with Gasteiger partial charge in [0.15, 0.2) is 5.82 Å². The van der Waals surface area contributed by atoms with Crippen LogP contribution in [0.4, 0.5) is 0 Å². The Bertz CT molecular complexity index is 836. The van der Waals surface area contributed by atoms with Gasteiger partial charge in [-0.05, 0) is 36.2 Å². The number of benzene rings is 1. The normalized spacial score (nSPS) is 10.7. The van der Waals surface area contributed by atoms with E-state index < -0.39 is 5.97 Å². The molecule has 0 spiro atoms. The SMILES string of the molecule is C=CCc1ccc2nn(-c3ncccc3C(=O)O)cc2c1. The number of hydrogen-bond acceptors (Lipinski definition) is 3. The second kappa shape index (κ2) is 5.20. The van der Waals surface area contributed by atoms with Crippen molar-refractivity contribution in [2.75, 3.05) is 0 Å². The van der Waals surface area contributed by atoms with Crippen LogP contribution in [0.25, 0.3) is 16.7 Å². The van der Waals surface area contributed by atoms with E-state index in [9.17, 15) is 9.90 Å². The Morgan fingerprint density at radius 2 is 2.24 bits per heavy atom. The molecule has 0 amide bonds. The lowest BCUT2D eigenvalue weighted by molar-refractivity contribution is 0.0696. The zero-order valence-corrected chi connectivity index (χ0v) is 11.2. The second-order valence-electron chi connectivity index (χ2n) is 4.64. The van der Waals surface area contributed by atoms with Gasteiger partial charge in [0.05, 0.1) is 5.52 Å². The van der Waals surface area contributed by atoms with Gasteiger partial charge in [-0.1, -0.05) is 12.1 Å². The van der Waals surface area contributed by atoms with Crippen molar-refractivity contribution in [3.8, 4) is 5.82 Å². The lowest BCUT2D eigenvalue weighted by Gasteiger charge is -2.03. The van der Waals surface area contributed by atoms with E-state index in [0.717, 1.165) is 22.9 Å². The molecule has 0 saturated heterocycles. The molecule has 0 fully saturated rings. The summed E-state index contributed by atoms with van der Waals surface area (Å²) < 4.78 is 1.51. The summed E-state index contributed by atoms with van der Waals surface area (Å²) in [4.78, 5) is 15.4. The highest BCUT2D eigenvalue weighted by atomic mass is 16.4. The maximum Gasteiger partial charge on any atom is 0.339 e. The Hall–Kier alpha value is -2.95. The zero-order valence-electron chi connectivity index (χ0n) is 11.2. The quantitative estimate of drug-likeness (QED) is 0.746. The van der Waals surface area contributed by atoms with E-state index in [-0.39, 0.29) is 5.56 Å². The van der Waals surface area contributed by atoms with Gasteiger partial charge in [-0.15, -0.1) is 6.58 Å². The molecule has 3 aromatic rings. The minimum absolute atomic E-state index is 0.122. The average molecular weight is 279 g/mol. The lowest BCUT2D eigenvalue weighted by atomic mass is 10.1. The molecule has 21 heavy (non-hydrogen) atoms. The molecule has 2 heterocycles. The maximum atomic E-state index is 11.3. The molecule has 0 bridgehead atoms. The number of carboxylic acids is 1. The molecule has 1 aromatic carbocycles. The third-order valence-electron chi connectivity index (χ3n) is 3.18.